The number of aromatic nitrogens is 2. The van der Waals surface area contributed by atoms with Gasteiger partial charge in [0.05, 0.1) is 6.04 Å². The highest BCUT2D eigenvalue weighted by Crippen LogP contribution is 2.27. The second-order valence-corrected chi connectivity index (χ2v) is 6.85. The molecule has 142 valence electrons. The minimum atomic E-state index is -0.627. The van der Waals surface area contributed by atoms with E-state index in [0.29, 0.717) is 11.4 Å². The highest BCUT2D eigenvalue weighted by Gasteiger charge is 2.20. The Morgan fingerprint density at radius 2 is 1.68 bits per heavy atom. The fraction of sp³-hybridized carbons (Fsp3) is 0.190. The molecule has 6 nitrogen and oxygen atoms in total. The van der Waals surface area contributed by atoms with Gasteiger partial charge in [-0.15, -0.1) is 0 Å². The molecule has 1 N–H and O–H groups in total. The molecule has 0 aliphatic heterocycles. The fourth-order valence-electron chi connectivity index (χ4n) is 3.10. The summed E-state index contributed by atoms with van der Waals surface area (Å²) < 4.78 is 2.21. The van der Waals surface area contributed by atoms with E-state index in [2.05, 4.69) is 5.32 Å². The van der Waals surface area contributed by atoms with Crippen molar-refractivity contribution in [1.82, 2.24) is 9.13 Å². The van der Waals surface area contributed by atoms with Gasteiger partial charge in [0, 0.05) is 19.1 Å². The van der Waals surface area contributed by atoms with Gasteiger partial charge in [-0.3, -0.25) is 13.9 Å². The maximum Gasteiger partial charge on any atom is 0.332 e. The van der Waals surface area contributed by atoms with Crippen LogP contribution in [0.4, 0.5) is 5.82 Å². The highest BCUT2D eigenvalue weighted by molar-refractivity contribution is 6.31. The predicted molar refractivity (Wildman–Crippen MR) is 110 cm³/mol. The van der Waals surface area contributed by atoms with Crippen molar-refractivity contribution in [3.05, 3.63) is 97.1 Å². The van der Waals surface area contributed by atoms with Crippen LogP contribution in [0.3, 0.4) is 0 Å². The largest absolute Gasteiger partial charge is 0.363 e. The Balaban J connectivity index is 2.12. The number of halogens is 1. The first kappa shape index (κ1) is 19.5. The molecule has 0 aliphatic carbocycles. The number of nitrogens with one attached hydrogen (secondary N) is 1. The Morgan fingerprint density at radius 3 is 2.32 bits per heavy atom. The molecule has 1 unspecified atom stereocenters. The molecule has 3 rings (SSSR count). The number of rotatable bonds is 5. The van der Waals surface area contributed by atoms with Crippen molar-refractivity contribution in [2.75, 3.05) is 5.32 Å². The first-order valence-corrected chi connectivity index (χ1v) is 9.06. The van der Waals surface area contributed by atoms with Gasteiger partial charge < -0.3 is 5.32 Å². The number of nitriles is 1. The Morgan fingerprint density at radius 1 is 1.04 bits per heavy atom. The molecule has 0 bridgehead atoms. The summed E-state index contributed by atoms with van der Waals surface area (Å²) in [6.07, 6.45) is 0.512. The van der Waals surface area contributed by atoms with E-state index >= 15 is 0 Å². The van der Waals surface area contributed by atoms with Crippen LogP contribution in [0.15, 0.2) is 64.2 Å². The van der Waals surface area contributed by atoms with Crippen molar-refractivity contribution in [1.29, 1.82) is 5.26 Å². The lowest BCUT2D eigenvalue weighted by atomic mass is 9.98. The fourth-order valence-corrected chi connectivity index (χ4v) is 3.31. The lowest BCUT2D eigenvalue weighted by molar-refractivity contribution is 0.669. The molecule has 0 amide bonds. The third-order valence-electron chi connectivity index (χ3n) is 4.67. The second-order valence-electron chi connectivity index (χ2n) is 6.44. The first-order chi connectivity index (χ1) is 13.4. The number of nitrogens with zero attached hydrogens (tertiary/aromatic N) is 3. The third-order valence-corrected chi connectivity index (χ3v) is 5.04. The van der Waals surface area contributed by atoms with Gasteiger partial charge in [0.25, 0.3) is 5.56 Å². The van der Waals surface area contributed by atoms with E-state index in [9.17, 15) is 14.9 Å². The van der Waals surface area contributed by atoms with E-state index in [-0.39, 0.29) is 17.4 Å². The molecule has 7 heteroatoms. The molecule has 0 radical (unpaired) electrons. The lowest BCUT2D eigenvalue weighted by Crippen LogP contribution is -2.40. The summed E-state index contributed by atoms with van der Waals surface area (Å²) in [4.78, 5) is 24.8. The Labute approximate surface area is 167 Å². The summed E-state index contributed by atoms with van der Waals surface area (Å²) in [5, 5.41) is 13.4. The molecule has 0 saturated heterocycles. The Kier molecular flexibility index (Phi) is 5.67. The summed E-state index contributed by atoms with van der Waals surface area (Å²) in [5.74, 6) is 0.191. The SMILES string of the molecule is Cn1c(NC(Cc2ccccc2Cl)c2ccccc2)c(C#N)c(=O)n(C)c1=O. The monoisotopic (exact) mass is 394 g/mol. The number of anilines is 1. The van der Waals surface area contributed by atoms with E-state index in [4.69, 9.17) is 11.6 Å². The van der Waals surface area contributed by atoms with Gasteiger partial charge in [-0.25, -0.2) is 4.79 Å². The summed E-state index contributed by atoms with van der Waals surface area (Å²) in [5.41, 5.74) is 0.621. The normalized spacial score (nSPS) is 11.6. The zero-order chi connectivity index (χ0) is 20.3. The zero-order valence-electron chi connectivity index (χ0n) is 15.5. The molecule has 0 saturated carbocycles. The van der Waals surface area contributed by atoms with Gasteiger partial charge in [-0.2, -0.15) is 5.26 Å². The average Bonchev–Trinajstić information content (AvgIpc) is 2.72. The first-order valence-electron chi connectivity index (χ1n) is 8.69. The Bertz CT molecular complexity index is 1160. The standard InChI is InChI=1S/C21H19ClN4O2/c1-25-19(16(13-23)20(27)26(2)21(25)28)24-18(14-8-4-3-5-9-14)12-15-10-6-7-11-17(15)22/h3-11,18,24H,12H2,1-2H3. The Hall–Kier alpha value is -3.30. The molecule has 0 spiro atoms. The maximum absolute atomic E-state index is 12.4. The molecule has 1 atom stereocenters. The van der Waals surface area contributed by atoms with Crippen LogP contribution < -0.4 is 16.6 Å². The van der Waals surface area contributed by atoms with E-state index < -0.39 is 11.2 Å². The molecular weight excluding hydrogens is 376 g/mol. The van der Waals surface area contributed by atoms with Crippen LogP contribution in [0.1, 0.15) is 22.7 Å². The lowest BCUT2D eigenvalue weighted by Gasteiger charge is -2.23. The zero-order valence-corrected chi connectivity index (χ0v) is 16.3. The van der Waals surface area contributed by atoms with Gasteiger partial charge in [0.1, 0.15) is 11.9 Å². The van der Waals surface area contributed by atoms with Crippen LogP contribution in [-0.2, 0) is 20.5 Å². The molecular formula is C21H19ClN4O2. The quantitative estimate of drug-likeness (QED) is 0.721. The molecule has 2 aromatic carbocycles. The van der Waals surface area contributed by atoms with E-state index in [1.54, 1.807) is 0 Å². The summed E-state index contributed by atoms with van der Waals surface area (Å²) in [7, 11) is 2.89. The smallest absolute Gasteiger partial charge is 0.332 e. The number of benzene rings is 2. The molecule has 28 heavy (non-hydrogen) atoms. The van der Waals surface area contributed by atoms with Crippen LogP contribution in [-0.4, -0.2) is 9.13 Å². The van der Waals surface area contributed by atoms with Gasteiger partial charge >= 0.3 is 5.69 Å². The second kappa shape index (κ2) is 8.15. The summed E-state index contributed by atoms with van der Waals surface area (Å²) in [6, 6.07) is 18.7. The van der Waals surface area contributed by atoms with Crippen molar-refractivity contribution >= 4 is 17.4 Å². The minimum absolute atomic E-state index is 0.107. The highest BCUT2D eigenvalue weighted by atomic mass is 35.5. The summed E-state index contributed by atoms with van der Waals surface area (Å²) in [6.45, 7) is 0. The van der Waals surface area contributed by atoms with Crippen LogP contribution in [0.5, 0.6) is 0 Å². The van der Waals surface area contributed by atoms with Crippen molar-refractivity contribution in [3.8, 4) is 6.07 Å². The van der Waals surface area contributed by atoms with Crippen LogP contribution >= 0.6 is 11.6 Å². The van der Waals surface area contributed by atoms with Crippen molar-refractivity contribution in [2.45, 2.75) is 12.5 Å². The minimum Gasteiger partial charge on any atom is -0.363 e. The summed E-state index contributed by atoms with van der Waals surface area (Å²) >= 11 is 6.33. The average molecular weight is 395 g/mol. The third kappa shape index (κ3) is 3.71. The van der Waals surface area contributed by atoms with Crippen molar-refractivity contribution in [3.63, 3.8) is 0 Å². The van der Waals surface area contributed by atoms with Gasteiger partial charge in [0.2, 0.25) is 0 Å². The van der Waals surface area contributed by atoms with E-state index in [0.717, 1.165) is 15.7 Å². The molecule has 1 aromatic heterocycles. The van der Waals surface area contributed by atoms with Crippen molar-refractivity contribution < 1.29 is 0 Å². The van der Waals surface area contributed by atoms with E-state index in [1.165, 1.54) is 18.7 Å². The predicted octanol–water partition coefficient (Wildman–Crippen LogP) is 3.00. The molecule has 0 aliphatic rings. The molecule has 1 heterocycles. The van der Waals surface area contributed by atoms with Gasteiger partial charge in [-0.1, -0.05) is 60.1 Å². The van der Waals surface area contributed by atoms with Crippen LogP contribution in [0, 0.1) is 11.3 Å². The maximum atomic E-state index is 12.4. The van der Waals surface area contributed by atoms with E-state index in [1.807, 2.05) is 60.7 Å². The topological polar surface area (TPSA) is 79.8 Å². The van der Waals surface area contributed by atoms with Crippen molar-refractivity contribution in [2.24, 2.45) is 14.1 Å². The molecule has 3 aromatic rings. The van der Waals surface area contributed by atoms with Gasteiger partial charge in [-0.05, 0) is 23.6 Å². The number of hydrogen-bond donors (Lipinski definition) is 1. The van der Waals surface area contributed by atoms with Crippen LogP contribution in [0.25, 0.3) is 0 Å². The van der Waals surface area contributed by atoms with Gasteiger partial charge in [0.15, 0.2) is 5.56 Å². The molecule has 0 fully saturated rings. The number of hydrogen-bond acceptors (Lipinski definition) is 4. The van der Waals surface area contributed by atoms with Crippen LogP contribution in [0.2, 0.25) is 5.02 Å².